The molecule has 0 bridgehead atoms. The number of rotatable bonds is 3. The van der Waals surface area contributed by atoms with Gasteiger partial charge in [0.05, 0.1) is 5.92 Å². The first-order valence-electron chi connectivity index (χ1n) is 6.30. The van der Waals surface area contributed by atoms with Crippen LogP contribution in [0.1, 0.15) is 18.9 Å². The maximum absolute atomic E-state index is 12.3. The molecule has 0 aromatic heterocycles. The first-order valence-corrected chi connectivity index (χ1v) is 6.68. The van der Waals surface area contributed by atoms with Crippen molar-refractivity contribution in [2.75, 3.05) is 13.6 Å². The fourth-order valence-corrected chi connectivity index (χ4v) is 2.55. The zero-order valence-corrected chi connectivity index (χ0v) is 11.6. The van der Waals surface area contributed by atoms with Crippen LogP contribution in [-0.4, -0.2) is 30.4 Å². The number of amides is 1. The van der Waals surface area contributed by atoms with Crippen LogP contribution in [0.2, 0.25) is 5.02 Å². The highest BCUT2D eigenvalue weighted by Crippen LogP contribution is 2.19. The molecule has 1 aromatic carbocycles. The zero-order chi connectivity index (χ0) is 13.1. The minimum Gasteiger partial charge on any atom is -0.341 e. The molecule has 0 radical (unpaired) electrons. The van der Waals surface area contributed by atoms with Crippen LogP contribution in [0.5, 0.6) is 0 Å². The molecule has 1 aliphatic rings. The molecule has 2 atom stereocenters. The van der Waals surface area contributed by atoms with Gasteiger partial charge in [-0.05, 0) is 37.6 Å². The molecule has 0 saturated carbocycles. The van der Waals surface area contributed by atoms with E-state index in [4.69, 9.17) is 11.6 Å². The van der Waals surface area contributed by atoms with Crippen LogP contribution in [0.15, 0.2) is 24.3 Å². The van der Waals surface area contributed by atoms with Crippen LogP contribution in [-0.2, 0) is 11.3 Å². The Labute approximate surface area is 113 Å². The smallest absolute Gasteiger partial charge is 0.227 e. The summed E-state index contributed by atoms with van der Waals surface area (Å²) in [6.07, 6.45) is 0.935. The van der Waals surface area contributed by atoms with E-state index >= 15 is 0 Å². The predicted molar refractivity (Wildman–Crippen MR) is 73.5 cm³/mol. The Morgan fingerprint density at radius 1 is 1.44 bits per heavy atom. The third-order valence-electron chi connectivity index (χ3n) is 3.55. The molecule has 18 heavy (non-hydrogen) atoms. The van der Waals surface area contributed by atoms with Gasteiger partial charge in [0.2, 0.25) is 5.91 Å². The average Bonchev–Trinajstić information content (AvgIpc) is 2.77. The van der Waals surface area contributed by atoms with Crippen LogP contribution in [0, 0.1) is 5.92 Å². The minimum absolute atomic E-state index is 0.113. The molecule has 0 spiro atoms. The van der Waals surface area contributed by atoms with Crippen molar-refractivity contribution in [1.82, 2.24) is 10.2 Å². The Kier molecular flexibility index (Phi) is 4.25. The van der Waals surface area contributed by atoms with Crippen molar-refractivity contribution in [2.24, 2.45) is 5.92 Å². The molecule has 1 amide bonds. The SMILES string of the molecule is CC1NCCC1C(=O)N(C)Cc1ccc(Cl)cc1. The zero-order valence-electron chi connectivity index (χ0n) is 10.8. The van der Waals surface area contributed by atoms with Gasteiger partial charge < -0.3 is 10.2 Å². The van der Waals surface area contributed by atoms with Crippen LogP contribution < -0.4 is 5.32 Å². The predicted octanol–water partition coefficient (Wildman–Crippen LogP) is 2.30. The minimum atomic E-state index is 0.113. The monoisotopic (exact) mass is 266 g/mol. The van der Waals surface area contributed by atoms with Crippen molar-refractivity contribution in [3.63, 3.8) is 0 Å². The van der Waals surface area contributed by atoms with Crippen LogP contribution in [0.25, 0.3) is 0 Å². The second kappa shape index (κ2) is 5.72. The summed E-state index contributed by atoms with van der Waals surface area (Å²) in [4.78, 5) is 14.1. The number of carbonyl (C=O) groups excluding carboxylic acids is 1. The van der Waals surface area contributed by atoms with E-state index < -0.39 is 0 Å². The Morgan fingerprint density at radius 3 is 2.67 bits per heavy atom. The number of hydrogen-bond donors (Lipinski definition) is 1. The summed E-state index contributed by atoms with van der Waals surface area (Å²) in [6.45, 7) is 3.65. The summed E-state index contributed by atoms with van der Waals surface area (Å²) >= 11 is 5.84. The quantitative estimate of drug-likeness (QED) is 0.911. The lowest BCUT2D eigenvalue weighted by molar-refractivity contribution is -0.134. The Morgan fingerprint density at radius 2 is 2.11 bits per heavy atom. The van der Waals surface area contributed by atoms with Crippen molar-refractivity contribution in [3.8, 4) is 0 Å². The first kappa shape index (κ1) is 13.4. The normalized spacial score (nSPS) is 23.1. The number of carbonyl (C=O) groups is 1. The maximum Gasteiger partial charge on any atom is 0.227 e. The topological polar surface area (TPSA) is 32.3 Å². The second-order valence-electron chi connectivity index (χ2n) is 4.96. The van der Waals surface area contributed by atoms with E-state index in [9.17, 15) is 4.79 Å². The van der Waals surface area contributed by atoms with Crippen molar-refractivity contribution in [2.45, 2.75) is 25.9 Å². The standard InChI is InChI=1S/C14H19ClN2O/c1-10-13(7-8-16-10)14(18)17(2)9-11-3-5-12(15)6-4-11/h3-6,10,13,16H,7-9H2,1-2H3. The largest absolute Gasteiger partial charge is 0.341 e. The highest BCUT2D eigenvalue weighted by molar-refractivity contribution is 6.30. The van der Waals surface area contributed by atoms with Gasteiger partial charge in [0.15, 0.2) is 0 Å². The molecular formula is C14H19ClN2O. The Balaban J connectivity index is 1.97. The van der Waals surface area contributed by atoms with E-state index in [-0.39, 0.29) is 17.9 Å². The lowest BCUT2D eigenvalue weighted by Gasteiger charge is -2.23. The summed E-state index contributed by atoms with van der Waals surface area (Å²) in [5.41, 5.74) is 1.11. The molecule has 1 fully saturated rings. The average molecular weight is 267 g/mol. The van der Waals surface area contributed by atoms with Crippen LogP contribution in [0.3, 0.4) is 0 Å². The molecule has 98 valence electrons. The van der Waals surface area contributed by atoms with Crippen molar-refractivity contribution in [3.05, 3.63) is 34.9 Å². The number of hydrogen-bond acceptors (Lipinski definition) is 2. The van der Waals surface area contributed by atoms with E-state index in [1.807, 2.05) is 31.3 Å². The Bertz CT molecular complexity index is 418. The van der Waals surface area contributed by atoms with Gasteiger partial charge in [-0.15, -0.1) is 0 Å². The van der Waals surface area contributed by atoms with Gasteiger partial charge in [-0.25, -0.2) is 0 Å². The number of nitrogens with one attached hydrogen (secondary N) is 1. The molecule has 0 aliphatic carbocycles. The van der Waals surface area contributed by atoms with E-state index in [0.29, 0.717) is 6.54 Å². The van der Waals surface area contributed by atoms with E-state index in [2.05, 4.69) is 12.2 Å². The maximum atomic E-state index is 12.3. The lowest BCUT2D eigenvalue weighted by Crippen LogP contribution is -2.37. The van der Waals surface area contributed by atoms with Gasteiger partial charge in [0.25, 0.3) is 0 Å². The first-order chi connectivity index (χ1) is 8.58. The molecule has 4 heteroatoms. The molecular weight excluding hydrogens is 248 g/mol. The molecule has 1 aromatic rings. The Hall–Kier alpha value is -1.06. The van der Waals surface area contributed by atoms with Gasteiger partial charge in [0, 0.05) is 24.7 Å². The molecule has 2 rings (SSSR count). The molecule has 1 aliphatic heterocycles. The molecule has 2 unspecified atom stereocenters. The van der Waals surface area contributed by atoms with Gasteiger partial charge >= 0.3 is 0 Å². The fraction of sp³-hybridized carbons (Fsp3) is 0.500. The van der Waals surface area contributed by atoms with E-state index in [1.165, 1.54) is 0 Å². The highest BCUT2D eigenvalue weighted by Gasteiger charge is 2.31. The summed E-state index contributed by atoms with van der Waals surface area (Å²) in [5.74, 6) is 0.338. The highest BCUT2D eigenvalue weighted by atomic mass is 35.5. The third kappa shape index (κ3) is 3.03. The van der Waals surface area contributed by atoms with E-state index in [1.54, 1.807) is 4.90 Å². The van der Waals surface area contributed by atoms with Gasteiger partial charge in [-0.3, -0.25) is 4.79 Å². The van der Waals surface area contributed by atoms with Gasteiger partial charge in [-0.2, -0.15) is 0 Å². The molecule has 1 N–H and O–H groups in total. The molecule has 1 saturated heterocycles. The van der Waals surface area contributed by atoms with Crippen LogP contribution >= 0.6 is 11.6 Å². The summed E-state index contributed by atoms with van der Waals surface area (Å²) in [7, 11) is 1.86. The lowest BCUT2D eigenvalue weighted by atomic mass is 10.0. The number of benzene rings is 1. The van der Waals surface area contributed by atoms with Crippen molar-refractivity contribution >= 4 is 17.5 Å². The van der Waals surface area contributed by atoms with Crippen LogP contribution in [0.4, 0.5) is 0 Å². The van der Waals surface area contributed by atoms with Gasteiger partial charge in [0.1, 0.15) is 0 Å². The molecule has 3 nitrogen and oxygen atoms in total. The van der Waals surface area contributed by atoms with E-state index in [0.717, 1.165) is 23.6 Å². The van der Waals surface area contributed by atoms with Crippen molar-refractivity contribution in [1.29, 1.82) is 0 Å². The summed E-state index contributed by atoms with van der Waals surface area (Å²) in [6, 6.07) is 7.92. The fourth-order valence-electron chi connectivity index (χ4n) is 2.42. The third-order valence-corrected chi connectivity index (χ3v) is 3.80. The summed E-state index contributed by atoms with van der Waals surface area (Å²) in [5, 5.41) is 4.04. The number of halogens is 1. The summed E-state index contributed by atoms with van der Waals surface area (Å²) < 4.78 is 0. The number of nitrogens with zero attached hydrogens (tertiary/aromatic N) is 1. The second-order valence-corrected chi connectivity index (χ2v) is 5.40. The van der Waals surface area contributed by atoms with Gasteiger partial charge in [-0.1, -0.05) is 23.7 Å². The van der Waals surface area contributed by atoms with Crippen molar-refractivity contribution < 1.29 is 4.79 Å². The molecule has 1 heterocycles.